The zero-order valence-corrected chi connectivity index (χ0v) is 13.2. The van der Waals surface area contributed by atoms with Crippen molar-refractivity contribution >= 4 is 11.8 Å². The molecule has 21 heavy (non-hydrogen) atoms. The van der Waals surface area contributed by atoms with Gasteiger partial charge in [-0.25, -0.2) is 4.39 Å². The van der Waals surface area contributed by atoms with Gasteiger partial charge in [0.25, 0.3) is 0 Å². The van der Waals surface area contributed by atoms with Crippen LogP contribution in [0.5, 0.6) is 0 Å². The van der Waals surface area contributed by atoms with Crippen molar-refractivity contribution in [1.29, 1.82) is 0 Å². The lowest BCUT2D eigenvalue weighted by atomic mass is 9.79. The van der Waals surface area contributed by atoms with Crippen LogP contribution in [0.2, 0.25) is 0 Å². The normalized spacial score (nSPS) is 30.7. The van der Waals surface area contributed by atoms with Crippen LogP contribution < -0.4 is 11.3 Å². The largest absolute Gasteiger partial charge is 0.374 e. The van der Waals surface area contributed by atoms with Gasteiger partial charge in [-0.15, -0.1) is 0 Å². The first kappa shape index (κ1) is 15.3. The molecule has 0 aliphatic carbocycles. The smallest absolute Gasteiger partial charge is 0.126 e. The number of nitrogens with two attached hydrogens (primary N) is 1. The molecule has 2 fully saturated rings. The average Bonchev–Trinajstić information content (AvgIpc) is 2.91. The van der Waals surface area contributed by atoms with E-state index in [1.165, 1.54) is 11.8 Å². The second-order valence-corrected chi connectivity index (χ2v) is 7.35. The molecule has 2 heterocycles. The second kappa shape index (κ2) is 6.24. The molecule has 1 aromatic carbocycles. The molecule has 0 saturated carbocycles. The van der Waals surface area contributed by atoms with Crippen LogP contribution in [0.15, 0.2) is 18.2 Å². The van der Waals surface area contributed by atoms with E-state index >= 15 is 0 Å². The molecule has 2 saturated heterocycles. The number of hydrogen-bond donors (Lipinski definition) is 2. The summed E-state index contributed by atoms with van der Waals surface area (Å²) in [5.74, 6) is 8.37. The molecule has 3 atom stereocenters. The lowest BCUT2D eigenvalue weighted by molar-refractivity contribution is -0.0854. The Morgan fingerprint density at radius 2 is 2.38 bits per heavy atom. The standard InChI is InChI=1S/C16H23FN2OS/c1-11-8-12(2-3-14(11)17)15(19-18)13-4-6-20-16(9-13)5-7-21-10-16/h2-3,8,13,15,19H,4-7,9-10,18H2,1H3. The van der Waals surface area contributed by atoms with Gasteiger partial charge in [0, 0.05) is 18.4 Å². The maximum atomic E-state index is 13.5. The predicted octanol–water partition coefficient (Wildman–Crippen LogP) is 2.94. The third-order valence-electron chi connectivity index (χ3n) is 4.79. The van der Waals surface area contributed by atoms with Crippen molar-refractivity contribution in [3.8, 4) is 0 Å². The summed E-state index contributed by atoms with van der Waals surface area (Å²) in [6.07, 6.45) is 3.16. The molecule has 0 aromatic heterocycles. The van der Waals surface area contributed by atoms with Gasteiger partial charge >= 0.3 is 0 Å². The highest BCUT2D eigenvalue weighted by atomic mass is 32.2. The summed E-state index contributed by atoms with van der Waals surface area (Å²) in [6, 6.07) is 5.36. The maximum absolute atomic E-state index is 13.5. The van der Waals surface area contributed by atoms with E-state index in [4.69, 9.17) is 10.6 Å². The van der Waals surface area contributed by atoms with Crippen molar-refractivity contribution in [2.24, 2.45) is 11.8 Å². The maximum Gasteiger partial charge on any atom is 0.126 e. The molecule has 3 unspecified atom stereocenters. The molecule has 0 radical (unpaired) electrons. The number of rotatable bonds is 3. The number of hydrazine groups is 1. The Morgan fingerprint density at radius 3 is 3.05 bits per heavy atom. The third kappa shape index (κ3) is 3.11. The van der Waals surface area contributed by atoms with Gasteiger partial charge in [0.05, 0.1) is 5.60 Å². The van der Waals surface area contributed by atoms with Gasteiger partial charge in [-0.2, -0.15) is 11.8 Å². The predicted molar refractivity (Wildman–Crippen MR) is 84.6 cm³/mol. The molecule has 3 rings (SSSR count). The Bertz CT molecular complexity index is 505. The van der Waals surface area contributed by atoms with Gasteiger partial charge in [-0.1, -0.05) is 12.1 Å². The van der Waals surface area contributed by atoms with Crippen LogP contribution in [0.4, 0.5) is 4.39 Å². The minimum absolute atomic E-state index is 0.0394. The van der Waals surface area contributed by atoms with Gasteiger partial charge in [-0.05, 0) is 55.1 Å². The van der Waals surface area contributed by atoms with Gasteiger partial charge in [-0.3, -0.25) is 11.3 Å². The fourth-order valence-electron chi connectivity index (χ4n) is 3.58. The van der Waals surface area contributed by atoms with E-state index in [1.54, 1.807) is 6.92 Å². The number of aryl methyl sites for hydroxylation is 1. The molecule has 116 valence electrons. The van der Waals surface area contributed by atoms with Crippen LogP contribution >= 0.6 is 11.8 Å². The van der Waals surface area contributed by atoms with Crippen molar-refractivity contribution in [3.63, 3.8) is 0 Å². The Balaban J connectivity index is 1.80. The van der Waals surface area contributed by atoms with Gasteiger partial charge in [0.1, 0.15) is 5.82 Å². The fraction of sp³-hybridized carbons (Fsp3) is 0.625. The van der Waals surface area contributed by atoms with Crippen LogP contribution in [0, 0.1) is 18.7 Å². The van der Waals surface area contributed by atoms with Gasteiger partial charge in [0.2, 0.25) is 0 Å². The highest BCUT2D eigenvalue weighted by Crippen LogP contribution is 2.43. The van der Waals surface area contributed by atoms with E-state index in [9.17, 15) is 4.39 Å². The molecular weight excluding hydrogens is 287 g/mol. The summed E-state index contributed by atoms with van der Waals surface area (Å²) in [5.41, 5.74) is 4.74. The van der Waals surface area contributed by atoms with E-state index in [2.05, 4.69) is 5.43 Å². The van der Waals surface area contributed by atoms with E-state index in [0.717, 1.165) is 37.2 Å². The number of hydrogen-bond acceptors (Lipinski definition) is 4. The summed E-state index contributed by atoms with van der Waals surface area (Å²) in [5, 5.41) is 0. The molecule has 0 amide bonds. The minimum atomic E-state index is -0.162. The Morgan fingerprint density at radius 1 is 1.52 bits per heavy atom. The second-order valence-electron chi connectivity index (χ2n) is 6.24. The monoisotopic (exact) mass is 310 g/mol. The number of halogens is 1. The molecule has 3 N–H and O–H groups in total. The first-order valence-electron chi connectivity index (χ1n) is 7.57. The van der Waals surface area contributed by atoms with E-state index < -0.39 is 0 Å². The van der Waals surface area contributed by atoms with Gasteiger partial charge in [0.15, 0.2) is 0 Å². The number of ether oxygens (including phenoxy) is 1. The molecule has 1 aromatic rings. The molecule has 5 heteroatoms. The van der Waals surface area contributed by atoms with Crippen LogP contribution in [0.3, 0.4) is 0 Å². The lowest BCUT2D eigenvalue weighted by Gasteiger charge is -2.41. The average molecular weight is 310 g/mol. The van der Waals surface area contributed by atoms with Crippen LogP contribution in [0.25, 0.3) is 0 Å². The van der Waals surface area contributed by atoms with Gasteiger partial charge < -0.3 is 4.74 Å². The highest BCUT2D eigenvalue weighted by molar-refractivity contribution is 7.99. The highest BCUT2D eigenvalue weighted by Gasteiger charge is 2.42. The lowest BCUT2D eigenvalue weighted by Crippen LogP contribution is -2.45. The third-order valence-corrected chi connectivity index (χ3v) is 6.01. The molecule has 2 aliphatic heterocycles. The van der Waals surface area contributed by atoms with Crippen molar-refractivity contribution < 1.29 is 9.13 Å². The topological polar surface area (TPSA) is 47.3 Å². The Labute approximate surface area is 129 Å². The number of thioether (sulfide) groups is 1. The fourth-order valence-corrected chi connectivity index (χ4v) is 4.96. The first-order valence-corrected chi connectivity index (χ1v) is 8.73. The van der Waals surface area contributed by atoms with Crippen LogP contribution in [-0.4, -0.2) is 23.7 Å². The van der Waals surface area contributed by atoms with E-state index in [1.807, 2.05) is 23.9 Å². The molecule has 3 nitrogen and oxygen atoms in total. The van der Waals surface area contributed by atoms with Crippen LogP contribution in [0.1, 0.15) is 36.4 Å². The Hall–Kier alpha value is -0.620. The summed E-state index contributed by atoms with van der Waals surface area (Å²) in [4.78, 5) is 0. The number of benzene rings is 1. The minimum Gasteiger partial charge on any atom is -0.374 e. The SMILES string of the molecule is Cc1cc(C(NN)C2CCOC3(CCSC3)C2)ccc1F. The van der Waals surface area contributed by atoms with Crippen molar-refractivity contribution in [3.05, 3.63) is 35.1 Å². The summed E-state index contributed by atoms with van der Waals surface area (Å²) in [7, 11) is 0. The summed E-state index contributed by atoms with van der Waals surface area (Å²) in [6.45, 7) is 2.59. The zero-order chi connectivity index (χ0) is 14.9. The number of nitrogens with one attached hydrogen (secondary N) is 1. The van der Waals surface area contributed by atoms with Crippen molar-refractivity contribution in [1.82, 2.24) is 5.43 Å². The summed E-state index contributed by atoms with van der Waals surface area (Å²) < 4.78 is 19.6. The zero-order valence-electron chi connectivity index (χ0n) is 12.4. The first-order chi connectivity index (χ1) is 10.1. The van der Waals surface area contributed by atoms with Crippen LogP contribution in [-0.2, 0) is 4.74 Å². The molecule has 2 aliphatic rings. The quantitative estimate of drug-likeness (QED) is 0.666. The molecule has 0 bridgehead atoms. The molecular formula is C16H23FN2OS. The van der Waals surface area contributed by atoms with Crippen molar-refractivity contribution in [2.45, 2.75) is 37.8 Å². The van der Waals surface area contributed by atoms with E-state index in [0.29, 0.717) is 11.5 Å². The van der Waals surface area contributed by atoms with E-state index in [-0.39, 0.29) is 17.5 Å². The Kier molecular flexibility index (Phi) is 4.54. The molecule has 1 spiro atoms. The van der Waals surface area contributed by atoms with Crippen molar-refractivity contribution in [2.75, 3.05) is 18.1 Å². The summed E-state index contributed by atoms with van der Waals surface area (Å²) >= 11 is 1.97.